The third-order valence-corrected chi connectivity index (χ3v) is 1.53. The summed E-state index contributed by atoms with van der Waals surface area (Å²) >= 11 is 0. The molecule has 0 aliphatic heterocycles. The zero-order chi connectivity index (χ0) is 9.56. The Hall–Kier alpha value is -0.970. The van der Waals surface area contributed by atoms with Crippen LogP contribution in [0.1, 0.15) is 20.3 Å². The molecule has 78 valence electrons. The minimum absolute atomic E-state index is 0. The molecule has 0 aromatic heterocycles. The van der Waals surface area contributed by atoms with Gasteiger partial charge < -0.3 is 11.5 Å². The van der Waals surface area contributed by atoms with E-state index in [-0.39, 0.29) is 24.3 Å². The lowest BCUT2D eigenvalue weighted by Gasteiger charge is -2.05. The molecule has 0 rings (SSSR count). The second kappa shape index (κ2) is 7.67. The van der Waals surface area contributed by atoms with Gasteiger partial charge in [-0.2, -0.15) is 0 Å². The second-order valence-electron chi connectivity index (χ2n) is 2.78. The van der Waals surface area contributed by atoms with Gasteiger partial charge in [-0.15, -0.1) is 12.4 Å². The van der Waals surface area contributed by atoms with Gasteiger partial charge in [0.25, 0.3) is 0 Å². The summed E-state index contributed by atoms with van der Waals surface area (Å²) in [6.07, 6.45) is 1.07. The van der Waals surface area contributed by atoms with E-state index in [9.17, 15) is 0 Å². The van der Waals surface area contributed by atoms with E-state index in [1.807, 2.05) is 0 Å². The van der Waals surface area contributed by atoms with Crippen LogP contribution in [-0.4, -0.2) is 18.5 Å². The summed E-state index contributed by atoms with van der Waals surface area (Å²) < 4.78 is 0. The molecule has 1 unspecified atom stereocenters. The highest BCUT2D eigenvalue weighted by molar-refractivity contribution is 5.95. The molecule has 0 aliphatic carbocycles. The fraction of sp³-hybridized carbons (Fsp3) is 0.714. The van der Waals surface area contributed by atoms with Crippen molar-refractivity contribution in [1.82, 2.24) is 5.32 Å². The Morgan fingerprint density at radius 3 is 2.46 bits per heavy atom. The van der Waals surface area contributed by atoms with E-state index < -0.39 is 0 Å². The van der Waals surface area contributed by atoms with Crippen LogP contribution in [0.2, 0.25) is 0 Å². The quantitative estimate of drug-likeness (QED) is 0.394. The Morgan fingerprint density at radius 2 is 2.08 bits per heavy atom. The molecule has 0 saturated heterocycles. The first kappa shape index (κ1) is 14.5. The Morgan fingerprint density at radius 1 is 1.54 bits per heavy atom. The van der Waals surface area contributed by atoms with E-state index >= 15 is 0 Å². The molecule has 0 saturated carbocycles. The fourth-order valence-corrected chi connectivity index (χ4v) is 0.561. The minimum Gasteiger partial charge on any atom is -0.370 e. The van der Waals surface area contributed by atoms with Crippen molar-refractivity contribution in [1.29, 1.82) is 5.41 Å². The van der Waals surface area contributed by atoms with Crippen molar-refractivity contribution in [3.8, 4) is 0 Å². The number of nitrogens with two attached hydrogens (primary N) is 2. The largest absolute Gasteiger partial charge is 0.370 e. The first-order valence-corrected chi connectivity index (χ1v) is 3.97. The molecule has 0 aromatic rings. The lowest BCUT2D eigenvalue weighted by atomic mass is 10.1. The van der Waals surface area contributed by atoms with Crippen LogP contribution in [0.15, 0.2) is 4.99 Å². The van der Waals surface area contributed by atoms with Gasteiger partial charge in [0, 0.05) is 6.54 Å². The van der Waals surface area contributed by atoms with E-state index in [4.69, 9.17) is 16.9 Å². The molecular weight excluding hydrogens is 190 g/mol. The van der Waals surface area contributed by atoms with Crippen LogP contribution in [0.4, 0.5) is 0 Å². The zero-order valence-electron chi connectivity index (χ0n) is 8.00. The van der Waals surface area contributed by atoms with Crippen LogP contribution in [0, 0.1) is 11.3 Å². The molecule has 0 aromatic carbocycles. The van der Waals surface area contributed by atoms with Gasteiger partial charge in [0.2, 0.25) is 0 Å². The topological polar surface area (TPSA) is 100 Å². The van der Waals surface area contributed by atoms with E-state index in [1.165, 1.54) is 0 Å². The van der Waals surface area contributed by atoms with Gasteiger partial charge in [0.15, 0.2) is 11.9 Å². The van der Waals surface area contributed by atoms with Crippen molar-refractivity contribution in [3.05, 3.63) is 0 Å². The summed E-state index contributed by atoms with van der Waals surface area (Å²) in [5.41, 5.74) is 10.4. The Kier molecular flexibility index (Phi) is 8.58. The van der Waals surface area contributed by atoms with Crippen LogP contribution < -0.4 is 16.8 Å². The van der Waals surface area contributed by atoms with Crippen LogP contribution >= 0.6 is 12.4 Å². The number of hydrogen-bond acceptors (Lipinski definition) is 2. The van der Waals surface area contributed by atoms with E-state index in [1.54, 1.807) is 0 Å². The first-order chi connectivity index (χ1) is 5.56. The number of guanidine groups is 2. The molecule has 0 fully saturated rings. The van der Waals surface area contributed by atoms with Crippen molar-refractivity contribution in [3.63, 3.8) is 0 Å². The van der Waals surface area contributed by atoms with Crippen molar-refractivity contribution < 1.29 is 0 Å². The van der Waals surface area contributed by atoms with Crippen molar-refractivity contribution in [2.75, 3.05) is 6.54 Å². The molecular formula is C7H18ClN5. The summed E-state index contributed by atoms with van der Waals surface area (Å²) in [7, 11) is 0. The van der Waals surface area contributed by atoms with Crippen LogP contribution in [0.25, 0.3) is 0 Å². The maximum absolute atomic E-state index is 6.86. The van der Waals surface area contributed by atoms with Crippen molar-refractivity contribution in [2.24, 2.45) is 22.4 Å². The third-order valence-electron chi connectivity index (χ3n) is 1.53. The van der Waals surface area contributed by atoms with Crippen molar-refractivity contribution in [2.45, 2.75) is 20.3 Å². The molecule has 6 heteroatoms. The molecule has 0 bridgehead atoms. The van der Waals surface area contributed by atoms with E-state index in [0.717, 1.165) is 6.42 Å². The Balaban J connectivity index is 0. The second-order valence-corrected chi connectivity index (χ2v) is 2.78. The van der Waals surface area contributed by atoms with E-state index in [2.05, 4.69) is 24.2 Å². The highest BCUT2D eigenvalue weighted by Gasteiger charge is 1.97. The molecule has 0 heterocycles. The smallest absolute Gasteiger partial charge is 0.195 e. The summed E-state index contributed by atoms with van der Waals surface area (Å²) in [5.74, 6) is 0.542. The molecule has 0 aliphatic rings. The normalized spacial score (nSPS) is 12.9. The molecule has 13 heavy (non-hydrogen) atoms. The van der Waals surface area contributed by atoms with Gasteiger partial charge in [-0.25, -0.2) is 0 Å². The average molecular weight is 208 g/mol. The van der Waals surface area contributed by atoms with Gasteiger partial charge in [-0.3, -0.25) is 15.7 Å². The third kappa shape index (κ3) is 8.94. The highest BCUT2D eigenvalue weighted by atomic mass is 35.5. The standard InChI is InChI=1S/C7H17N5.ClH/c1-3-5(2)4-11-7(10)12-6(8)9;/h5H,3-4H2,1-2H3,(H6,8,9,10,11,12);1H. The first-order valence-electron chi connectivity index (χ1n) is 3.97. The highest BCUT2D eigenvalue weighted by Crippen LogP contribution is 1.99. The van der Waals surface area contributed by atoms with Gasteiger partial charge in [-0.1, -0.05) is 20.3 Å². The number of rotatable bonds is 3. The van der Waals surface area contributed by atoms with Crippen molar-refractivity contribution >= 4 is 24.3 Å². The molecule has 0 amide bonds. The van der Waals surface area contributed by atoms with Crippen LogP contribution in [0.5, 0.6) is 0 Å². The van der Waals surface area contributed by atoms with Gasteiger partial charge in [-0.05, 0) is 5.92 Å². The Bertz CT molecular complexity index is 180. The average Bonchev–Trinajstić information content (AvgIpc) is 1.99. The monoisotopic (exact) mass is 207 g/mol. The fourth-order valence-electron chi connectivity index (χ4n) is 0.561. The Labute approximate surface area is 84.9 Å². The van der Waals surface area contributed by atoms with E-state index in [0.29, 0.717) is 12.5 Å². The number of hydrogen-bond donors (Lipinski definition) is 4. The summed E-state index contributed by atoms with van der Waals surface area (Å²) in [4.78, 5) is 4.00. The maximum Gasteiger partial charge on any atom is 0.195 e. The predicted octanol–water partition coefficient (Wildman–Crippen LogP) is 0.252. The predicted molar refractivity (Wildman–Crippen MR) is 58.2 cm³/mol. The molecule has 0 spiro atoms. The molecule has 6 N–H and O–H groups in total. The zero-order valence-corrected chi connectivity index (χ0v) is 8.82. The van der Waals surface area contributed by atoms with Gasteiger partial charge in [0.05, 0.1) is 0 Å². The SMILES string of the molecule is CCC(C)CN=C(N)NC(=N)N.Cl. The summed E-state index contributed by atoms with van der Waals surface area (Å²) in [6.45, 7) is 4.85. The number of halogens is 1. The number of aliphatic imine (C=N–C) groups is 1. The molecule has 5 nitrogen and oxygen atoms in total. The lowest BCUT2D eigenvalue weighted by molar-refractivity contribution is 0.576. The maximum atomic E-state index is 6.86. The summed E-state index contributed by atoms with van der Waals surface area (Å²) in [6, 6.07) is 0. The summed E-state index contributed by atoms with van der Waals surface area (Å²) in [5, 5.41) is 9.27. The van der Waals surface area contributed by atoms with Crippen LogP contribution in [0.3, 0.4) is 0 Å². The molecule has 0 radical (unpaired) electrons. The lowest BCUT2D eigenvalue weighted by Crippen LogP contribution is -2.41. The van der Waals surface area contributed by atoms with Crippen LogP contribution in [-0.2, 0) is 0 Å². The van der Waals surface area contributed by atoms with Gasteiger partial charge >= 0.3 is 0 Å². The molecule has 1 atom stereocenters. The number of nitrogens with zero attached hydrogens (tertiary/aromatic N) is 1. The minimum atomic E-state index is -0.180. The van der Waals surface area contributed by atoms with Gasteiger partial charge in [0.1, 0.15) is 0 Å². The number of nitrogens with one attached hydrogen (secondary N) is 2.